The normalized spacial score (nSPS) is 13.5. The standard InChI is InChI=1S/C69H60N6O10S2/c76-67(70-32-46-8-3-1-4-9-46)57-42-86-65(72-57)38-74(36-51-19-26-60-63(30-51)83-45-81-60)34-48-16-23-56(24-17-48)79-41-53-12-7-13-54(28-53)69-84-61-27-20-52(31-64(61)85-69)37-75(35-47-14-21-55(22-15-47)78-40-49-10-5-2-6-11-49)39-66-73-58(43-87-66)68(77)71-33-50-18-25-59-62(29-50)82-44-80-59/h1-31,42-43,69H,32-41,44-45H2,(H,70,76)(H,71,77). The van der Waals surface area contributed by atoms with Crippen LogP contribution in [0.15, 0.2) is 199 Å². The smallest absolute Gasteiger partial charge is 0.271 e. The number of carbonyl (C=O) groups excluding carboxylic acids is 2. The highest BCUT2D eigenvalue weighted by molar-refractivity contribution is 7.10. The summed E-state index contributed by atoms with van der Waals surface area (Å²) in [5.41, 5.74) is 9.92. The van der Waals surface area contributed by atoms with Gasteiger partial charge in [0.05, 0.1) is 13.1 Å². The van der Waals surface area contributed by atoms with Crippen LogP contribution in [-0.2, 0) is 65.6 Å². The third-order valence-corrected chi connectivity index (χ3v) is 16.4. The highest BCUT2D eigenvalue weighted by Crippen LogP contribution is 2.42. The van der Waals surface area contributed by atoms with Gasteiger partial charge in [-0.05, 0) is 111 Å². The van der Waals surface area contributed by atoms with Crippen molar-refractivity contribution in [3.63, 3.8) is 0 Å². The third kappa shape index (κ3) is 14.7. The van der Waals surface area contributed by atoms with Gasteiger partial charge in [0.25, 0.3) is 18.1 Å². The number of rotatable bonds is 25. The van der Waals surface area contributed by atoms with E-state index in [2.05, 4.69) is 62.9 Å². The monoisotopic (exact) mass is 1200 g/mol. The van der Waals surface area contributed by atoms with Crippen LogP contribution in [0, 0.1) is 0 Å². The van der Waals surface area contributed by atoms with E-state index in [4.69, 9.17) is 47.9 Å². The second-order valence-corrected chi connectivity index (χ2v) is 23.1. The number of hydrogen-bond donors (Lipinski definition) is 2. The first-order valence-corrected chi connectivity index (χ1v) is 30.3. The van der Waals surface area contributed by atoms with E-state index >= 15 is 0 Å². The van der Waals surface area contributed by atoms with Crippen LogP contribution in [0.1, 0.15) is 87.4 Å². The van der Waals surface area contributed by atoms with Crippen LogP contribution in [0.3, 0.4) is 0 Å². The number of benzene rings is 8. The maximum absolute atomic E-state index is 13.3. The lowest BCUT2D eigenvalue weighted by Gasteiger charge is -2.22. The van der Waals surface area contributed by atoms with Gasteiger partial charge in [0.1, 0.15) is 46.1 Å². The Morgan fingerprint density at radius 3 is 1.46 bits per heavy atom. The van der Waals surface area contributed by atoms with Gasteiger partial charge in [-0.15, -0.1) is 22.7 Å². The molecule has 0 radical (unpaired) electrons. The van der Waals surface area contributed by atoms with E-state index in [9.17, 15) is 9.59 Å². The Balaban J connectivity index is 0.633. The fraction of sp³-hybridized carbons (Fsp3) is 0.188. The predicted molar refractivity (Wildman–Crippen MR) is 329 cm³/mol. The first-order valence-electron chi connectivity index (χ1n) is 28.5. The number of hydrogen-bond acceptors (Lipinski definition) is 16. The Bertz CT molecular complexity index is 4000. The quantitative estimate of drug-likeness (QED) is 0.0555. The van der Waals surface area contributed by atoms with Crippen LogP contribution in [0.25, 0.3) is 0 Å². The minimum absolute atomic E-state index is 0.189. The van der Waals surface area contributed by atoms with Crippen molar-refractivity contribution in [1.29, 1.82) is 0 Å². The van der Waals surface area contributed by atoms with E-state index in [1.807, 2.05) is 151 Å². The lowest BCUT2D eigenvalue weighted by Crippen LogP contribution is -2.24. The highest BCUT2D eigenvalue weighted by atomic mass is 32.1. The van der Waals surface area contributed by atoms with Crippen LogP contribution in [0.5, 0.6) is 46.0 Å². The van der Waals surface area contributed by atoms with Crippen molar-refractivity contribution in [3.05, 3.63) is 270 Å². The van der Waals surface area contributed by atoms with Crippen LogP contribution in [-0.4, -0.2) is 45.2 Å². The predicted octanol–water partition coefficient (Wildman–Crippen LogP) is 12.9. The summed E-state index contributed by atoms with van der Waals surface area (Å²) in [5, 5.41) is 11.3. The molecule has 0 bridgehead atoms. The lowest BCUT2D eigenvalue weighted by atomic mass is 10.1. The summed E-state index contributed by atoms with van der Waals surface area (Å²) < 4.78 is 47.6. The molecular weight excluding hydrogens is 1140 g/mol. The van der Waals surface area contributed by atoms with E-state index in [1.54, 1.807) is 5.38 Å². The van der Waals surface area contributed by atoms with Crippen LogP contribution in [0.2, 0.25) is 0 Å². The Labute approximate surface area is 511 Å². The number of aromatic nitrogens is 2. The number of nitrogens with zero attached hydrogens (tertiary/aromatic N) is 4. The highest BCUT2D eigenvalue weighted by Gasteiger charge is 2.27. The molecule has 2 amide bonds. The largest absolute Gasteiger partial charge is 0.489 e. The van der Waals surface area contributed by atoms with Crippen molar-refractivity contribution in [3.8, 4) is 46.0 Å². The average Bonchev–Trinajstić information content (AvgIpc) is 4.51. The molecule has 18 heteroatoms. The van der Waals surface area contributed by atoms with Gasteiger partial charge >= 0.3 is 0 Å². The van der Waals surface area contributed by atoms with Crippen LogP contribution in [0.4, 0.5) is 0 Å². The molecule has 0 saturated heterocycles. The molecule has 16 nitrogen and oxygen atoms in total. The van der Waals surface area contributed by atoms with E-state index < -0.39 is 6.29 Å². The Morgan fingerprint density at radius 1 is 0.425 bits per heavy atom. The lowest BCUT2D eigenvalue weighted by molar-refractivity contribution is 0.0485. The van der Waals surface area contributed by atoms with Crippen LogP contribution < -0.4 is 48.5 Å². The van der Waals surface area contributed by atoms with Gasteiger partial charge in [-0.25, -0.2) is 9.97 Å². The fourth-order valence-electron chi connectivity index (χ4n) is 10.3. The van der Waals surface area contributed by atoms with E-state index in [0.717, 1.165) is 83.1 Å². The number of thiazole rings is 2. The third-order valence-electron chi connectivity index (χ3n) is 14.7. The zero-order chi connectivity index (χ0) is 58.7. The van der Waals surface area contributed by atoms with Crippen molar-refractivity contribution >= 4 is 34.5 Å². The van der Waals surface area contributed by atoms with Gasteiger partial charge in [0.2, 0.25) is 13.6 Å². The summed E-state index contributed by atoms with van der Waals surface area (Å²) in [6, 6.07) is 62.1. The number of ether oxygens (including phenoxy) is 8. The maximum Gasteiger partial charge on any atom is 0.271 e. The van der Waals surface area contributed by atoms with E-state index in [0.29, 0.717) is 100.0 Å². The van der Waals surface area contributed by atoms with Crippen molar-refractivity contribution in [2.24, 2.45) is 0 Å². The number of fused-ring (bicyclic) bond motifs is 3. The first-order chi connectivity index (χ1) is 42.8. The Kier molecular flexibility index (Phi) is 17.3. The number of carbonyl (C=O) groups is 2. The van der Waals surface area contributed by atoms with Crippen molar-refractivity contribution in [2.45, 2.75) is 71.9 Å². The fourth-order valence-corrected chi connectivity index (χ4v) is 11.9. The molecule has 87 heavy (non-hydrogen) atoms. The van der Waals surface area contributed by atoms with Gasteiger partial charge < -0.3 is 48.5 Å². The second kappa shape index (κ2) is 26.7. The molecule has 3 aliphatic heterocycles. The molecule has 0 aliphatic carbocycles. The first kappa shape index (κ1) is 56.4. The number of amides is 2. The minimum Gasteiger partial charge on any atom is -0.489 e. The van der Waals surface area contributed by atoms with Gasteiger partial charge in [-0.2, -0.15) is 0 Å². The Hall–Kier alpha value is -9.72. The molecule has 2 aromatic heterocycles. The van der Waals surface area contributed by atoms with Crippen molar-refractivity contribution < 1.29 is 47.5 Å². The molecule has 0 fully saturated rings. The van der Waals surface area contributed by atoms with Gasteiger partial charge in [-0.3, -0.25) is 19.4 Å². The molecule has 5 heterocycles. The number of nitrogens with one attached hydrogen (secondary N) is 2. The topological polar surface area (TPSA) is 164 Å². The molecule has 438 valence electrons. The second-order valence-electron chi connectivity index (χ2n) is 21.2. The summed E-state index contributed by atoms with van der Waals surface area (Å²) in [5.74, 6) is 5.22. The molecule has 1 unspecified atom stereocenters. The van der Waals surface area contributed by atoms with E-state index in [1.165, 1.54) is 22.7 Å². The summed E-state index contributed by atoms with van der Waals surface area (Å²) in [4.78, 5) is 40.6. The molecule has 10 aromatic rings. The van der Waals surface area contributed by atoms with Crippen LogP contribution >= 0.6 is 22.7 Å². The van der Waals surface area contributed by atoms with E-state index in [-0.39, 0.29) is 25.4 Å². The molecule has 0 spiro atoms. The molecule has 3 aliphatic rings. The molecule has 2 N–H and O–H groups in total. The summed E-state index contributed by atoms with van der Waals surface area (Å²) in [6.45, 7) is 5.42. The zero-order valence-corrected chi connectivity index (χ0v) is 48.9. The molecule has 0 saturated carbocycles. The molecular formula is C69H60N6O10S2. The van der Waals surface area contributed by atoms with Gasteiger partial charge in [-0.1, -0.05) is 121 Å². The molecule has 13 rings (SSSR count). The Morgan fingerprint density at radius 2 is 0.874 bits per heavy atom. The zero-order valence-electron chi connectivity index (χ0n) is 47.3. The summed E-state index contributed by atoms with van der Waals surface area (Å²) >= 11 is 2.93. The van der Waals surface area contributed by atoms with Gasteiger partial charge in [0.15, 0.2) is 34.5 Å². The minimum atomic E-state index is -0.647. The summed E-state index contributed by atoms with van der Waals surface area (Å²) in [6.07, 6.45) is -0.647. The SMILES string of the molecule is O=C(NCc1ccccc1)c1csc(CN(Cc2ccc(OCc3cccc(C4Oc5ccc(CN(Cc6ccc(OCc7ccccc7)cc6)Cc6nc(C(=O)NCc7ccc8c(c7)OCO8)cs6)cc5O4)c3)cc2)Cc2ccc3c(c2)OCO3)n1. The van der Waals surface area contributed by atoms with Crippen molar-refractivity contribution in [2.75, 3.05) is 13.6 Å². The maximum atomic E-state index is 13.3. The van der Waals surface area contributed by atoms with Crippen molar-refractivity contribution in [1.82, 2.24) is 30.4 Å². The molecule has 8 aromatic carbocycles. The average molecular weight is 1200 g/mol. The molecule has 1 atom stereocenters. The van der Waals surface area contributed by atoms with Gasteiger partial charge in [0, 0.05) is 55.6 Å². The summed E-state index contributed by atoms with van der Waals surface area (Å²) in [7, 11) is 0.